The van der Waals surface area contributed by atoms with Gasteiger partial charge in [0.05, 0.1) is 23.1 Å². The molecule has 2 aromatic rings. The number of hydrogen-bond donors (Lipinski definition) is 3. The molecule has 0 radical (unpaired) electrons. The maximum atomic E-state index is 11.8. The quantitative estimate of drug-likeness (QED) is 0.721. The van der Waals surface area contributed by atoms with E-state index in [0.29, 0.717) is 21.4 Å². The van der Waals surface area contributed by atoms with Crippen molar-refractivity contribution in [3.63, 3.8) is 0 Å². The van der Waals surface area contributed by atoms with Gasteiger partial charge >= 0.3 is 0 Å². The molecule has 0 aliphatic rings. The Balaban J connectivity index is 2.28. The number of nitrogens with one attached hydrogen (secondary N) is 2. The molecule has 0 fully saturated rings. The number of nitrogens with two attached hydrogens (primary N) is 1. The summed E-state index contributed by atoms with van der Waals surface area (Å²) in [5, 5.41) is 9.00. The topological polar surface area (TPSA) is 83.8 Å². The van der Waals surface area contributed by atoms with Gasteiger partial charge in [-0.05, 0) is 28.1 Å². The van der Waals surface area contributed by atoms with Crippen LogP contribution in [0.1, 0.15) is 10.4 Å². The molecule has 7 heteroatoms. The van der Waals surface area contributed by atoms with Crippen LogP contribution in [-0.4, -0.2) is 16.1 Å². The highest BCUT2D eigenvalue weighted by Gasteiger charge is 2.12. The highest BCUT2D eigenvalue weighted by atomic mass is 79.9. The number of nitrogens with zero attached hydrogens (tertiary/aromatic N) is 1. The second-order valence-corrected chi connectivity index (χ2v) is 5.06. The van der Waals surface area contributed by atoms with Gasteiger partial charge in [0.1, 0.15) is 0 Å². The van der Waals surface area contributed by atoms with Crippen molar-refractivity contribution >= 4 is 49.1 Å². The molecule has 0 aliphatic carbocycles. The van der Waals surface area contributed by atoms with Gasteiger partial charge in [-0.1, -0.05) is 15.9 Å². The Kier molecular flexibility index (Phi) is 3.49. The molecular formula is C10H8Br2N4O. The number of hydrogen-bond acceptors (Lipinski definition) is 3. The number of halogens is 2. The third-order valence-corrected chi connectivity index (χ3v) is 3.17. The van der Waals surface area contributed by atoms with E-state index in [0.717, 1.165) is 4.47 Å². The van der Waals surface area contributed by atoms with Crippen molar-refractivity contribution in [2.45, 2.75) is 0 Å². The molecule has 0 spiro atoms. The Labute approximate surface area is 114 Å². The van der Waals surface area contributed by atoms with Crippen molar-refractivity contribution in [3.8, 4) is 0 Å². The van der Waals surface area contributed by atoms with E-state index in [2.05, 4.69) is 47.4 Å². The van der Waals surface area contributed by atoms with Gasteiger partial charge in [-0.3, -0.25) is 9.89 Å². The molecule has 2 rings (SSSR count). The molecule has 0 saturated heterocycles. The molecule has 0 atom stereocenters. The summed E-state index contributed by atoms with van der Waals surface area (Å²) in [6.45, 7) is 0. The normalized spacial score (nSPS) is 10.2. The van der Waals surface area contributed by atoms with Crippen molar-refractivity contribution < 1.29 is 4.79 Å². The lowest BCUT2D eigenvalue weighted by atomic mass is 10.2. The maximum absolute atomic E-state index is 11.8. The second kappa shape index (κ2) is 4.89. The molecule has 0 aliphatic heterocycles. The van der Waals surface area contributed by atoms with Crippen LogP contribution in [0.4, 0.5) is 11.4 Å². The van der Waals surface area contributed by atoms with Gasteiger partial charge < -0.3 is 11.1 Å². The van der Waals surface area contributed by atoms with Crippen LogP contribution in [0.5, 0.6) is 0 Å². The van der Waals surface area contributed by atoms with Gasteiger partial charge in [0, 0.05) is 15.1 Å². The van der Waals surface area contributed by atoms with Crippen LogP contribution < -0.4 is 11.1 Å². The van der Waals surface area contributed by atoms with Crippen LogP contribution >= 0.6 is 31.9 Å². The molecule has 0 saturated carbocycles. The maximum Gasteiger partial charge on any atom is 0.258 e. The Bertz CT molecular complexity index is 530. The molecule has 1 aromatic heterocycles. The molecule has 1 heterocycles. The standard InChI is InChI=1S/C10H8Br2N4O/c11-6-1-7(12)9(8(13)2-6)16-10(17)5-3-14-15-4-5/h1-4H,13H2,(H,14,15)(H,16,17). The number of H-pyrrole nitrogens is 1. The fourth-order valence-electron chi connectivity index (χ4n) is 1.29. The number of aromatic amines is 1. The number of amides is 1. The highest BCUT2D eigenvalue weighted by Crippen LogP contribution is 2.32. The van der Waals surface area contributed by atoms with E-state index in [4.69, 9.17) is 5.73 Å². The first-order valence-electron chi connectivity index (χ1n) is 4.62. The summed E-state index contributed by atoms with van der Waals surface area (Å²) in [5.74, 6) is -0.270. The van der Waals surface area contributed by atoms with Gasteiger partial charge in [0.25, 0.3) is 5.91 Å². The SMILES string of the molecule is Nc1cc(Br)cc(Br)c1NC(=O)c1cn[nH]c1. The van der Waals surface area contributed by atoms with Crippen LogP contribution in [-0.2, 0) is 0 Å². The van der Waals surface area contributed by atoms with E-state index in [1.807, 2.05) is 0 Å². The lowest BCUT2D eigenvalue weighted by Gasteiger charge is -2.10. The summed E-state index contributed by atoms with van der Waals surface area (Å²) >= 11 is 6.66. The Morgan fingerprint density at radius 2 is 2.18 bits per heavy atom. The smallest absolute Gasteiger partial charge is 0.258 e. The van der Waals surface area contributed by atoms with E-state index >= 15 is 0 Å². The van der Waals surface area contributed by atoms with Gasteiger partial charge in [0.2, 0.25) is 0 Å². The first-order chi connectivity index (χ1) is 8.08. The molecule has 1 aromatic carbocycles. The lowest BCUT2D eigenvalue weighted by Crippen LogP contribution is -2.13. The number of anilines is 2. The zero-order valence-corrected chi connectivity index (χ0v) is 11.7. The lowest BCUT2D eigenvalue weighted by molar-refractivity contribution is 0.102. The average molecular weight is 360 g/mol. The summed E-state index contributed by atoms with van der Waals surface area (Å²) in [4.78, 5) is 11.8. The monoisotopic (exact) mass is 358 g/mol. The van der Waals surface area contributed by atoms with Crippen molar-refractivity contribution in [3.05, 3.63) is 39.0 Å². The van der Waals surface area contributed by atoms with Crippen LogP contribution in [0.2, 0.25) is 0 Å². The summed E-state index contributed by atoms with van der Waals surface area (Å²) in [5.41, 5.74) is 7.29. The minimum Gasteiger partial charge on any atom is -0.397 e. The fourth-order valence-corrected chi connectivity index (χ4v) is 2.64. The summed E-state index contributed by atoms with van der Waals surface area (Å²) in [6.07, 6.45) is 2.95. The Morgan fingerprint density at radius 3 is 2.76 bits per heavy atom. The zero-order valence-electron chi connectivity index (χ0n) is 8.50. The number of carbonyl (C=O) groups excluding carboxylic acids is 1. The van der Waals surface area contributed by atoms with Crippen LogP contribution in [0.15, 0.2) is 33.5 Å². The van der Waals surface area contributed by atoms with Crippen molar-refractivity contribution in [1.29, 1.82) is 0 Å². The zero-order chi connectivity index (χ0) is 12.4. The van der Waals surface area contributed by atoms with Crippen molar-refractivity contribution in [1.82, 2.24) is 10.2 Å². The first kappa shape index (κ1) is 12.1. The van der Waals surface area contributed by atoms with Gasteiger partial charge in [-0.15, -0.1) is 0 Å². The largest absolute Gasteiger partial charge is 0.397 e. The Hall–Kier alpha value is -1.34. The van der Waals surface area contributed by atoms with Crippen LogP contribution in [0.25, 0.3) is 0 Å². The van der Waals surface area contributed by atoms with E-state index < -0.39 is 0 Å². The Morgan fingerprint density at radius 1 is 1.41 bits per heavy atom. The summed E-state index contributed by atoms with van der Waals surface area (Å²) in [6, 6.07) is 3.52. The number of aromatic nitrogens is 2. The summed E-state index contributed by atoms with van der Waals surface area (Å²) < 4.78 is 1.55. The van der Waals surface area contributed by atoms with Crippen molar-refractivity contribution in [2.24, 2.45) is 0 Å². The molecule has 4 N–H and O–H groups in total. The number of carbonyl (C=O) groups is 1. The number of benzene rings is 1. The van der Waals surface area contributed by atoms with E-state index in [1.165, 1.54) is 12.4 Å². The predicted molar refractivity (Wildman–Crippen MR) is 72.8 cm³/mol. The fraction of sp³-hybridized carbons (Fsp3) is 0. The summed E-state index contributed by atoms with van der Waals surface area (Å²) in [7, 11) is 0. The van der Waals surface area contributed by atoms with Gasteiger partial charge in [-0.2, -0.15) is 5.10 Å². The average Bonchev–Trinajstić information content (AvgIpc) is 2.76. The molecular weight excluding hydrogens is 352 g/mol. The second-order valence-electron chi connectivity index (χ2n) is 3.29. The third kappa shape index (κ3) is 2.67. The molecule has 0 unspecified atom stereocenters. The van der Waals surface area contributed by atoms with E-state index in [9.17, 15) is 4.79 Å². The molecule has 5 nitrogen and oxygen atoms in total. The van der Waals surface area contributed by atoms with E-state index in [1.54, 1.807) is 12.1 Å². The van der Waals surface area contributed by atoms with Crippen molar-refractivity contribution in [2.75, 3.05) is 11.1 Å². The minimum absolute atomic E-state index is 0.270. The van der Waals surface area contributed by atoms with E-state index in [-0.39, 0.29) is 5.91 Å². The first-order valence-corrected chi connectivity index (χ1v) is 6.21. The number of rotatable bonds is 2. The predicted octanol–water partition coefficient (Wildman–Crippen LogP) is 2.77. The molecule has 1 amide bonds. The molecule has 17 heavy (non-hydrogen) atoms. The molecule has 88 valence electrons. The van der Waals surface area contributed by atoms with Crippen LogP contribution in [0, 0.1) is 0 Å². The van der Waals surface area contributed by atoms with Gasteiger partial charge in [0.15, 0.2) is 0 Å². The van der Waals surface area contributed by atoms with Gasteiger partial charge in [-0.25, -0.2) is 0 Å². The third-order valence-electron chi connectivity index (χ3n) is 2.08. The van der Waals surface area contributed by atoms with Crippen LogP contribution in [0.3, 0.4) is 0 Å². The number of nitrogen functional groups attached to an aromatic ring is 1. The minimum atomic E-state index is -0.270. The highest BCUT2D eigenvalue weighted by molar-refractivity contribution is 9.11. The molecule has 0 bridgehead atoms.